The zero-order valence-corrected chi connectivity index (χ0v) is 10.4. The Balaban J connectivity index is 2.25. The van der Waals surface area contributed by atoms with Crippen molar-refractivity contribution in [3.8, 4) is 0 Å². The Hall–Kier alpha value is -1.13. The number of rotatable bonds is 7. The molecule has 0 saturated carbocycles. The number of aliphatic imine (C=N–C) groups is 1. The molecule has 0 aromatic carbocycles. The van der Waals surface area contributed by atoms with Gasteiger partial charge in [0.1, 0.15) is 6.23 Å². The first-order valence-electron chi connectivity index (χ1n) is 6.24. The highest BCUT2D eigenvalue weighted by atomic mass is 16.5. The topological polar surface area (TPSA) is 59.6 Å². The molecule has 0 bridgehead atoms. The first kappa shape index (κ1) is 13.9. The molecule has 1 rings (SSSR count). The average Bonchev–Trinajstić information content (AvgIpc) is 2.39. The minimum atomic E-state index is 0.0203. The van der Waals surface area contributed by atoms with Crippen LogP contribution in [0.4, 0.5) is 0 Å². The van der Waals surface area contributed by atoms with Crippen LogP contribution in [0.1, 0.15) is 25.7 Å². The predicted molar refractivity (Wildman–Crippen MR) is 72.0 cm³/mol. The lowest BCUT2D eigenvalue weighted by molar-refractivity contribution is 0.0227. The van der Waals surface area contributed by atoms with Crippen LogP contribution >= 0.6 is 0 Å². The van der Waals surface area contributed by atoms with E-state index in [4.69, 9.17) is 10.5 Å². The van der Waals surface area contributed by atoms with Crippen molar-refractivity contribution in [2.24, 2.45) is 10.7 Å². The van der Waals surface area contributed by atoms with Crippen molar-refractivity contribution in [2.75, 3.05) is 19.7 Å². The second-order valence-corrected chi connectivity index (χ2v) is 4.10. The van der Waals surface area contributed by atoms with Crippen molar-refractivity contribution in [1.29, 1.82) is 0 Å². The SMILES string of the molecule is C=CCCNCC(=C/N)/C=N/C1CCCCO1. The van der Waals surface area contributed by atoms with Crippen molar-refractivity contribution in [3.63, 3.8) is 0 Å². The summed E-state index contributed by atoms with van der Waals surface area (Å²) in [5, 5.41) is 3.27. The van der Waals surface area contributed by atoms with Gasteiger partial charge in [0.05, 0.1) is 0 Å². The third-order valence-corrected chi connectivity index (χ3v) is 2.63. The van der Waals surface area contributed by atoms with Crippen LogP contribution in [-0.2, 0) is 4.74 Å². The highest BCUT2D eigenvalue weighted by Crippen LogP contribution is 2.13. The fraction of sp³-hybridized carbons (Fsp3) is 0.615. The Morgan fingerprint density at radius 1 is 1.53 bits per heavy atom. The molecule has 1 saturated heterocycles. The Morgan fingerprint density at radius 3 is 3.06 bits per heavy atom. The number of nitrogens with zero attached hydrogens (tertiary/aromatic N) is 1. The summed E-state index contributed by atoms with van der Waals surface area (Å²) in [6.07, 6.45) is 9.63. The van der Waals surface area contributed by atoms with Gasteiger partial charge >= 0.3 is 0 Å². The Bertz CT molecular complexity index is 268. The van der Waals surface area contributed by atoms with E-state index in [0.29, 0.717) is 0 Å². The molecule has 1 aliphatic rings. The van der Waals surface area contributed by atoms with Gasteiger partial charge in [-0.1, -0.05) is 6.08 Å². The molecule has 17 heavy (non-hydrogen) atoms. The van der Waals surface area contributed by atoms with E-state index < -0.39 is 0 Å². The number of nitrogens with two attached hydrogens (primary N) is 1. The average molecular weight is 237 g/mol. The third-order valence-electron chi connectivity index (χ3n) is 2.63. The molecule has 0 spiro atoms. The second kappa shape index (κ2) is 8.96. The van der Waals surface area contributed by atoms with Crippen molar-refractivity contribution >= 4 is 6.21 Å². The fourth-order valence-corrected chi connectivity index (χ4v) is 1.60. The number of nitrogens with one attached hydrogen (secondary N) is 1. The quantitative estimate of drug-likeness (QED) is 0.401. The molecule has 4 heteroatoms. The molecule has 4 nitrogen and oxygen atoms in total. The van der Waals surface area contributed by atoms with Gasteiger partial charge in [0.2, 0.25) is 0 Å². The predicted octanol–water partition coefficient (Wildman–Crippen LogP) is 1.59. The van der Waals surface area contributed by atoms with Crippen molar-refractivity contribution < 1.29 is 4.74 Å². The molecule has 0 radical (unpaired) electrons. The summed E-state index contributed by atoms with van der Waals surface area (Å²) < 4.78 is 5.52. The van der Waals surface area contributed by atoms with E-state index in [9.17, 15) is 0 Å². The van der Waals surface area contributed by atoms with E-state index in [1.165, 1.54) is 6.42 Å². The maximum absolute atomic E-state index is 5.55. The number of hydrogen-bond acceptors (Lipinski definition) is 4. The Morgan fingerprint density at radius 2 is 2.41 bits per heavy atom. The van der Waals surface area contributed by atoms with Gasteiger partial charge in [0.15, 0.2) is 0 Å². The molecule has 1 unspecified atom stereocenters. The molecule has 0 aliphatic carbocycles. The van der Waals surface area contributed by atoms with E-state index in [2.05, 4.69) is 16.9 Å². The molecule has 0 aromatic rings. The van der Waals surface area contributed by atoms with Gasteiger partial charge in [-0.3, -0.25) is 4.99 Å². The van der Waals surface area contributed by atoms with Crippen LogP contribution in [0, 0.1) is 0 Å². The van der Waals surface area contributed by atoms with E-state index in [1.807, 2.05) is 12.3 Å². The molecule has 3 N–H and O–H groups in total. The van der Waals surface area contributed by atoms with Gasteiger partial charge in [-0.15, -0.1) is 6.58 Å². The van der Waals surface area contributed by atoms with Crippen molar-refractivity contribution in [3.05, 3.63) is 24.4 Å². The number of ether oxygens (including phenoxy) is 1. The van der Waals surface area contributed by atoms with Crippen LogP contribution in [0.3, 0.4) is 0 Å². The van der Waals surface area contributed by atoms with Gasteiger partial charge < -0.3 is 15.8 Å². The maximum atomic E-state index is 5.55. The lowest BCUT2D eigenvalue weighted by atomic mass is 10.2. The van der Waals surface area contributed by atoms with E-state index in [-0.39, 0.29) is 6.23 Å². The lowest BCUT2D eigenvalue weighted by Crippen LogP contribution is -2.21. The highest BCUT2D eigenvalue weighted by Gasteiger charge is 2.10. The smallest absolute Gasteiger partial charge is 0.148 e. The summed E-state index contributed by atoms with van der Waals surface area (Å²) in [6, 6.07) is 0. The Labute approximate surface area is 104 Å². The minimum Gasteiger partial charge on any atom is -0.404 e. The lowest BCUT2D eigenvalue weighted by Gasteiger charge is -2.18. The molecule has 1 atom stereocenters. The van der Waals surface area contributed by atoms with Gasteiger partial charge in [0, 0.05) is 19.4 Å². The second-order valence-electron chi connectivity index (χ2n) is 4.10. The van der Waals surface area contributed by atoms with Gasteiger partial charge in [0.25, 0.3) is 0 Å². The van der Waals surface area contributed by atoms with E-state index >= 15 is 0 Å². The third kappa shape index (κ3) is 6.24. The van der Waals surface area contributed by atoms with Crippen LogP contribution in [0.25, 0.3) is 0 Å². The van der Waals surface area contributed by atoms with Crippen molar-refractivity contribution in [2.45, 2.75) is 31.9 Å². The fourth-order valence-electron chi connectivity index (χ4n) is 1.60. The summed E-state index contributed by atoms with van der Waals surface area (Å²) in [6.45, 7) is 6.14. The molecular weight excluding hydrogens is 214 g/mol. The molecular formula is C13H23N3O. The van der Waals surface area contributed by atoms with E-state index in [1.54, 1.807) is 6.20 Å². The van der Waals surface area contributed by atoms with Crippen LogP contribution in [0.15, 0.2) is 29.4 Å². The summed E-state index contributed by atoms with van der Waals surface area (Å²) >= 11 is 0. The van der Waals surface area contributed by atoms with E-state index in [0.717, 1.165) is 44.5 Å². The Kier molecular flexibility index (Phi) is 7.34. The van der Waals surface area contributed by atoms with Crippen LogP contribution in [-0.4, -0.2) is 32.1 Å². The van der Waals surface area contributed by atoms with Crippen LogP contribution in [0.2, 0.25) is 0 Å². The molecule has 0 aromatic heterocycles. The summed E-state index contributed by atoms with van der Waals surface area (Å²) in [5.41, 5.74) is 6.54. The standard InChI is InChI=1S/C13H23N3O/c1-2-3-7-15-10-12(9-14)11-16-13-6-4-5-8-17-13/h2,9,11,13,15H,1,3-8,10,14H2/b12-9-,16-11+. The summed E-state index contributed by atoms with van der Waals surface area (Å²) in [5.74, 6) is 0. The zero-order valence-electron chi connectivity index (χ0n) is 10.4. The molecule has 1 fully saturated rings. The first-order valence-corrected chi connectivity index (χ1v) is 6.24. The maximum Gasteiger partial charge on any atom is 0.148 e. The van der Waals surface area contributed by atoms with Gasteiger partial charge in [-0.05, 0) is 44.0 Å². The van der Waals surface area contributed by atoms with Gasteiger partial charge in [-0.25, -0.2) is 0 Å². The van der Waals surface area contributed by atoms with Crippen LogP contribution < -0.4 is 11.1 Å². The monoisotopic (exact) mass is 237 g/mol. The first-order chi connectivity index (χ1) is 8.36. The molecule has 1 aliphatic heterocycles. The largest absolute Gasteiger partial charge is 0.404 e. The highest BCUT2D eigenvalue weighted by molar-refractivity contribution is 5.78. The van der Waals surface area contributed by atoms with Crippen LogP contribution in [0.5, 0.6) is 0 Å². The van der Waals surface area contributed by atoms with Crippen molar-refractivity contribution in [1.82, 2.24) is 5.32 Å². The summed E-state index contributed by atoms with van der Waals surface area (Å²) in [4.78, 5) is 4.40. The minimum absolute atomic E-state index is 0.0203. The normalized spacial score (nSPS) is 21.9. The molecule has 96 valence electrons. The molecule has 0 amide bonds. The molecule has 1 heterocycles. The van der Waals surface area contributed by atoms with Gasteiger partial charge in [-0.2, -0.15) is 0 Å². The number of hydrogen-bond donors (Lipinski definition) is 2. The zero-order chi connectivity index (χ0) is 12.3. The summed E-state index contributed by atoms with van der Waals surface area (Å²) in [7, 11) is 0.